The van der Waals surface area contributed by atoms with Gasteiger partial charge in [-0.1, -0.05) is 55.3 Å². The Hall–Kier alpha value is -1.51. The second kappa shape index (κ2) is 6.97. The first-order valence-corrected chi connectivity index (χ1v) is 7.68. The molecule has 0 aliphatic rings. The molecule has 0 aliphatic carbocycles. The largest absolute Gasteiger partial charge is 0.343 e. The van der Waals surface area contributed by atoms with Crippen molar-refractivity contribution in [2.24, 2.45) is 0 Å². The minimum absolute atomic E-state index is 0.446. The van der Waals surface area contributed by atoms with Crippen LogP contribution in [0.25, 0.3) is 0 Å². The van der Waals surface area contributed by atoms with Crippen molar-refractivity contribution in [1.29, 1.82) is 0 Å². The first-order valence-electron chi connectivity index (χ1n) is 7.30. The van der Waals surface area contributed by atoms with Gasteiger partial charge in [0.15, 0.2) is 0 Å². The van der Waals surface area contributed by atoms with Crippen LogP contribution in [0.4, 0.5) is 11.4 Å². The highest BCUT2D eigenvalue weighted by Gasteiger charge is 2.13. The Balaban J connectivity index is 2.34. The fourth-order valence-electron chi connectivity index (χ4n) is 2.29. The Morgan fingerprint density at radius 1 is 1.10 bits per heavy atom. The molecule has 3 heteroatoms. The minimum atomic E-state index is 0.446. The average Bonchev–Trinajstić information content (AvgIpc) is 2.45. The topological polar surface area (TPSA) is 15.3 Å². The van der Waals surface area contributed by atoms with Gasteiger partial charge >= 0.3 is 0 Å². The summed E-state index contributed by atoms with van der Waals surface area (Å²) >= 11 is 6.45. The van der Waals surface area contributed by atoms with Crippen molar-refractivity contribution < 1.29 is 0 Å². The molecular formula is C18H23ClN2. The summed E-state index contributed by atoms with van der Waals surface area (Å²) in [5.74, 6) is 0. The second-order valence-corrected chi connectivity index (χ2v) is 6.08. The molecule has 0 heterocycles. The van der Waals surface area contributed by atoms with Crippen molar-refractivity contribution in [1.82, 2.24) is 5.32 Å². The van der Waals surface area contributed by atoms with E-state index >= 15 is 0 Å². The van der Waals surface area contributed by atoms with E-state index < -0.39 is 0 Å². The van der Waals surface area contributed by atoms with Gasteiger partial charge in [-0.3, -0.25) is 0 Å². The molecule has 0 atom stereocenters. The third kappa shape index (κ3) is 3.99. The van der Waals surface area contributed by atoms with Gasteiger partial charge in [0.2, 0.25) is 0 Å². The molecule has 0 radical (unpaired) electrons. The van der Waals surface area contributed by atoms with Crippen LogP contribution in [0.2, 0.25) is 5.02 Å². The smallest absolute Gasteiger partial charge is 0.0646 e. The standard InChI is InChI=1S/C18H23ClN2/c1-13(2)20-12-15-6-5-7-17(19)18(15)21(4)16-10-8-14(3)9-11-16/h5-11,13,20H,12H2,1-4H3. The summed E-state index contributed by atoms with van der Waals surface area (Å²) in [7, 11) is 2.06. The van der Waals surface area contributed by atoms with Crippen molar-refractivity contribution in [3.63, 3.8) is 0 Å². The Bertz CT molecular complexity index is 591. The second-order valence-electron chi connectivity index (χ2n) is 5.68. The van der Waals surface area contributed by atoms with Gasteiger partial charge in [-0.15, -0.1) is 0 Å². The van der Waals surface area contributed by atoms with Crippen molar-refractivity contribution in [3.05, 3.63) is 58.6 Å². The van der Waals surface area contributed by atoms with E-state index in [-0.39, 0.29) is 0 Å². The van der Waals surface area contributed by atoms with Crippen LogP contribution in [0.1, 0.15) is 25.0 Å². The molecule has 2 rings (SSSR count). The van der Waals surface area contributed by atoms with Crippen molar-refractivity contribution in [3.8, 4) is 0 Å². The van der Waals surface area contributed by atoms with Gasteiger partial charge < -0.3 is 10.2 Å². The number of nitrogens with one attached hydrogen (secondary N) is 1. The number of hydrogen-bond acceptors (Lipinski definition) is 2. The molecule has 1 N–H and O–H groups in total. The predicted molar refractivity (Wildman–Crippen MR) is 92.7 cm³/mol. The molecular weight excluding hydrogens is 280 g/mol. The summed E-state index contributed by atoms with van der Waals surface area (Å²) in [6.07, 6.45) is 0. The maximum atomic E-state index is 6.45. The fourth-order valence-corrected chi connectivity index (χ4v) is 2.61. The summed E-state index contributed by atoms with van der Waals surface area (Å²) in [5.41, 5.74) is 4.67. The SMILES string of the molecule is Cc1ccc(N(C)c2c(Cl)cccc2CNC(C)C)cc1. The lowest BCUT2D eigenvalue weighted by molar-refractivity contribution is 0.589. The third-order valence-corrected chi connectivity index (χ3v) is 3.83. The van der Waals surface area contributed by atoms with E-state index in [1.54, 1.807) is 0 Å². The molecule has 2 aromatic rings. The minimum Gasteiger partial charge on any atom is -0.343 e. The first kappa shape index (κ1) is 15.9. The number of para-hydroxylation sites is 1. The van der Waals surface area contributed by atoms with E-state index in [1.165, 1.54) is 11.1 Å². The van der Waals surface area contributed by atoms with E-state index in [2.05, 4.69) is 68.4 Å². The molecule has 2 aromatic carbocycles. The van der Waals surface area contributed by atoms with Crippen LogP contribution in [-0.2, 0) is 6.54 Å². The van der Waals surface area contributed by atoms with Crippen LogP contribution in [0.3, 0.4) is 0 Å². The third-order valence-electron chi connectivity index (χ3n) is 3.53. The maximum Gasteiger partial charge on any atom is 0.0646 e. The molecule has 0 saturated heterocycles. The monoisotopic (exact) mass is 302 g/mol. The van der Waals surface area contributed by atoms with Crippen LogP contribution in [0, 0.1) is 6.92 Å². The Labute approximate surface area is 132 Å². The first-order chi connectivity index (χ1) is 9.99. The van der Waals surface area contributed by atoms with Crippen LogP contribution in [0.5, 0.6) is 0 Å². The molecule has 21 heavy (non-hydrogen) atoms. The summed E-state index contributed by atoms with van der Waals surface area (Å²) in [6, 6.07) is 15.0. The molecule has 0 aliphatic heterocycles. The highest BCUT2D eigenvalue weighted by atomic mass is 35.5. The number of aryl methyl sites for hydroxylation is 1. The molecule has 0 unspecified atom stereocenters. The lowest BCUT2D eigenvalue weighted by atomic mass is 10.1. The van der Waals surface area contributed by atoms with Gasteiger partial charge in [-0.25, -0.2) is 0 Å². The zero-order chi connectivity index (χ0) is 15.4. The van der Waals surface area contributed by atoms with E-state index in [1.807, 2.05) is 12.1 Å². The summed E-state index contributed by atoms with van der Waals surface area (Å²) in [5, 5.41) is 4.24. The van der Waals surface area contributed by atoms with Crippen LogP contribution < -0.4 is 10.2 Å². The summed E-state index contributed by atoms with van der Waals surface area (Å²) in [4.78, 5) is 2.15. The zero-order valence-electron chi connectivity index (χ0n) is 13.2. The predicted octanol–water partition coefficient (Wildman–Crippen LogP) is 4.91. The molecule has 0 saturated carbocycles. The number of anilines is 2. The molecule has 2 nitrogen and oxygen atoms in total. The molecule has 0 amide bonds. The van der Waals surface area contributed by atoms with Gasteiger partial charge in [0, 0.05) is 25.3 Å². The van der Waals surface area contributed by atoms with E-state index in [4.69, 9.17) is 11.6 Å². The van der Waals surface area contributed by atoms with Crippen molar-refractivity contribution in [2.75, 3.05) is 11.9 Å². The van der Waals surface area contributed by atoms with Crippen LogP contribution in [0.15, 0.2) is 42.5 Å². The number of halogens is 1. The Morgan fingerprint density at radius 3 is 2.38 bits per heavy atom. The van der Waals surface area contributed by atoms with Gasteiger partial charge in [-0.2, -0.15) is 0 Å². The highest BCUT2D eigenvalue weighted by Crippen LogP contribution is 2.34. The molecule has 0 bridgehead atoms. The number of benzene rings is 2. The summed E-state index contributed by atoms with van der Waals surface area (Å²) < 4.78 is 0. The Kier molecular flexibility index (Phi) is 5.27. The van der Waals surface area contributed by atoms with Crippen LogP contribution >= 0.6 is 11.6 Å². The lowest BCUT2D eigenvalue weighted by Crippen LogP contribution is -2.23. The average molecular weight is 303 g/mol. The van der Waals surface area contributed by atoms with E-state index in [0.29, 0.717) is 6.04 Å². The molecule has 0 fully saturated rings. The van der Waals surface area contributed by atoms with Gasteiger partial charge in [0.05, 0.1) is 10.7 Å². The van der Waals surface area contributed by atoms with Gasteiger partial charge in [0.25, 0.3) is 0 Å². The maximum absolute atomic E-state index is 6.45. The van der Waals surface area contributed by atoms with Crippen molar-refractivity contribution >= 4 is 23.0 Å². The fraction of sp³-hybridized carbons (Fsp3) is 0.333. The van der Waals surface area contributed by atoms with E-state index in [9.17, 15) is 0 Å². The Morgan fingerprint density at radius 2 is 1.76 bits per heavy atom. The van der Waals surface area contributed by atoms with E-state index in [0.717, 1.165) is 22.9 Å². The highest BCUT2D eigenvalue weighted by molar-refractivity contribution is 6.33. The summed E-state index contributed by atoms with van der Waals surface area (Å²) in [6.45, 7) is 7.20. The number of nitrogens with zero attached hydrogens (tertiary/aromatic N) is 1. The lowest BCUT2D eigenvalue weighted by Gasteiger charge is -2.24. The number of rotatable bonds is 5. The molecule has 0 spiro atoms. The van der Waals surface area contributed by atoms with Crippen molar-refractivity contribution in [2.45, 2.75) is 33.4 Å². The van der Waals surface area contributed by atoms with Gasteiger partial charge in [-0.05, 0) is 30.7 Å². The number of hydrogen-bond donors (Lipinski definition) is 1. The molecule has 112 valence electrons. The molecule has 0 aromatic heterocycles. The normalized spacial score (nSPS) is 11.0. The van der Waals surface area contributed by atoms with Crippen LogP contribution in [-0.4, -0.2) is 13.1 Å². The quantitative estimate of drug-likeness (QED) is 0.844. The zero-order valence-corrected chi connectivity index (χ0v) is 13.9. The van der Waals surface area contributed by atoms with Gasteiger partial charge in [0.1, 0.15) is 0 Å².